The highest BCUT2D eigenvalue weighted by Crippen LogP contribution is 2.55. The summed E-state index contributed by atoms with van der Waals surface area (Å²) >= 11 is 0. The smallest absolute Gasteiger partial charge is 0.233 e. The predicted octanol–water partition coefficient (Wildman–Crippen LogP) is 7.85. The van der Waals surface area contributed by atoms with Crippen LogP contribution in [0.1, 0.15) is 84.1 Å². The molecule has 0 saturated heterocycles. The van der Waals surface area contributed by atoms with Crippen LogP contribution >= 0.6 is 0 Å². The molecule has 212 valence electrons. The maximum Gasteiger partial charge on any atom is 0.233 e. The Hall–Kier alpha value is -3.14. The van der Waals surface area contributed by atoms with Gasteiger partial charge in [0.2, 0.25) is 11.8 Å². The Bertz CT molecular complexity index is 985. The van der Waals surface area contributed by atoms with Gasteiger partial charge in [0.05, 0.1) is 5.41 Å². The number of unbranched alkanes of at least 4 members (excludes halogenated alkanes) is 1. The lowest BCUT2D eigenvalue weighted by Gasteiger charge is -2.26. The molecular weight excluding hydrogens is 480 g/mol. The summed E-state index contributed by atoms with van der Waals surface area (Å²) in [6.07, 6.45) is 30.0. The van der Waals surface area contributed by atoms with E-state index in [9.17, 15) is 9.59 Å². The average Bonchev–Trinajstić information content (AvgIpc) is 3.70. The largest absolute Gasteiger partial charge is 0.356 e. The first-order chi connectivity index (χ1) is 19.1. The first-order valence-electron chi connectivity index (χ1n) is 15.0. The van der Waals surface area contributed by atoms with Crippen LogP contribution in [0.4, 0.5) is 0 Å². The number of carbonyl (C=O) groups is 2. The molecule has 0 heterocycles. The maximum atomic E-state index is 13.4. The minimum absolute atomic E-state index is 0.0755. The van der Waals surface area contributed by atoms with Gasteiger partial charge in [-0.05, 0) is 76.7 Å². The van der Waals surface area contributed by atoms with Crippen LogP contribution < -0.4 is 5.32 Å². The number of benzene rings is 1. The maximum absolute atomic E-state index is 13.4. The Morgan fingerprint density at radius 3 is 1.90 bits per heavy atom. The number of hydrogen-bond donors (Lipinski definition) is 1. The number of nitrogens with one attached hydrogen (secondary N) is 1. The van der Waals surface area contributed by atoms with E-state index < -0.39 is 5.41 Å². The molecule has 2 rings (SSSR count). The van der Waals surface area contributed by atoms with E-state index in [0.29, 0.717) is 26.1 Å². The lowest BCUT2D eigenvalue weighted by molar-refractivity contribution is -0.134. The van der Waals surface area contributed by atoms with Crippen LogP contribution in [0.2, 0.25) is 0 Å². The Kier molecular flexibility index (Phi) is 15.6. The molecule has 4 nitrogen and oxygen atoms in total. The molecule has 0 spiro atoms. The van der Waals surface area contributed by atoms with Crippen molar-refractivity contribution in [2.24, 2.45) is 5.92 Å². The summed E-state index contributed by atoms with van der Waals surface area (Å²) in [5.41, 5.74) is 0.578. The van der Waals surface area contributed by atoms with E-state index in [2.05, 4.69) is 85.1 Å². The molecule has 0 aliphatic heterocycles. The van der Waals surface area contributed by atoms with Crippen molar-refractivity contribution in [2.75, 3.05) is 19.6 Å². The number of amides is 2. The van der Waals surface area contributed by atoms with Crippen LogP contribution in [0.5, 0.6) is 0 Å². The quantitative estimate of drug-likeness (QED) is 0.146. The lowest BCUT2D eigenvalue weighted by Crippen LogP contribution is -2.41. The van der Waals surface area contributed by atoms with Gasteiger partial charge in [-0.15, -0.1) is 0 Å². The summed E-state index contributed by atoms with van der Waals surface area (Å²) in [5.74, 6) is 0.422. The molecule has 39 heavy (non-hydrogen) atoms. The van der Waals surface area contributed by atoms with Crippen LogP contribution in [-0.2, 0) is 15.0 Å². The zero-order valence-corrected chi connectivity index (χ0v) is 24.5. The van der Waals surface area contributed by atoms with Gasteiger partial charge in [0.1, 0.15) is 0 Å². The highest BCUT2D eigenvalue weighted by Gasteiger charge is 2.61. The van der Waals surface area contributed by atoms with Crippen molar-refractivity contribution in [1.82, 2.24) is 10.2 Å². The van der Waals surface area contributed by atoms with Crippen LogP contribution in [0, 0.1) is 5.92 Å². The zero-order chi connectivity index (χ0) is 28.2. The molecule has 1 N–H and O–H groups in total. The minimum Gasteiger partial charge on any atom is -0.356 e. The summed E-state index contributed by atoms with van der Waals surface area (Å²) in [5, 5.41) is 3.10. The van der Waals surface area contributed by atoms with Gasteiger partial charge < -0.3 is 10.2 Å². The normalized spacial score (nSPS) is 19.2. The first kappa shape index (κ1) is 32.1. The number of hydrogen-bond acceptors (Lipinski definition) is 2. The Morgan fingerprint density at radius 1 is 0.821 bits per heavy atom. The van der Waals surface area contributed by atoms with Gasteiger partial charge >= 0.3 is 0 Å². The average molecular weight is 531 g/mol. The Morgan fingerprint density at radius 2 is 1.36 bits per heavy atom. The summed E-state index contributed by atoms with van der Waals surface area (Å²) in [6.45, 7) is 8.17. The minimum atomic E-state index is -0.491. The molecule has 1 fully saturated rings. The molecule has 0 bridgehead atoms. The van der Waals surface area contributed by atoms with Crippen LogP contribution in [-0.4, -0.2) is 36.3 Å². The molecule has 1 unspecified atom stereocenters. The van der Waals surface area contributed by atoms with Crippen LogP contribution in [0.15, 0.2) is 91.1 Å². The monoisotopic (exact) mass is 530 g/mol. The number of likely N-dealkylation sites (N-methyl/N-ethyl adjacent to an activating group) is 1. The van der Waals surface area contributed by atoms with E-state index in [1.807, 2.05) is 36.9 Å². The Labute approximate surface area is 237 Å². The van der Waals surface area contributed by atoms with Crippen molar-refractivity contribution in [1.29, 1.82) is 0 Å². The van der Waals surface area contributed by atoms with Crippen molar-refractivity contribution in [3.05, 3.63) is 96.7 Å². The number of nitrogens with zero attached hydrogens (tertiary/aromatic N) is 1. The van der Waals surface area contributed by atoms with Crippen molar-refractivity contribution in [3.63, 3.8) is 0 Å². The van der Waals surface area contributed by atoms with E-state index >= 15 is 0 Å². The van der Waals surface area contributed by atoms with Crippen molar-refractivity contribution in [2.45, 2.75) is 84.0 Å². The summed E-state index contributed by atoms with van der Waals surface area (Å²) < 4.78 is 0. The third-order valence-electron chi connectivity index (χ3n) is 7.30. The van der Waals surface area contributed by atoms with Gasteiger partial charge in [0.25, 0.3) is 0 Å². The van der Waals surface area contributed by atoms with E-state index in [-0.39, 0.29) is 17.7 Å². The van der Waals surface area contributed by atoms with Crippen molar-refractivity contribution < 1.29 is 9.59 Å². The molecule has 1 aliphatic rings. The third kappa shape index (κ3) is 11.2. The second-order valence-corrected chi connectivity index (χ2v) is 10.1. The third-order valence-corrected chi connectivity index (χ3v) is 7.30. The lowest BCUT2D eigenvalue weighted by atomic mass is 9.91. The standard InChI is InChI=1S/C35H50N2O2/c1-4-7-8-9-10-11-12-13-14-15-16-17-18-19-20-21-25-28-33(38)36-30-32-29-35(32,31-26-23-22-24-27-31)34(39)37(5-2)6-3/h7-8,10-11,13-14,16-17,19-20,22-24,26-27,32H,4-6,9,12,15,18,21,25,28-30H2,1-3H3,(H,36,38)/b8-7-,11-10-,14-13-,17-16-,20-19-/t32?,35-/m0/s1. The molecule has 2 atom stereocenters. The van der Waals surface area contributed by atoms with Crippen molar-refractivity contribution >= 4 is 11.8 Å². The number of rotatable bonds is 19. The highest BCUT2D eigenvalue weighted by atomic mass is 16.2. The molecule has 1 aromatic carbocycles. The fourth-order valence-electron chi connectivity index (χ4n) is 4.92. The van der Waals surface area contributed by atoms with Gasteiger partial charge in [-0.25, -0.2) is 0 Å². The number of allylic oxidation sites excluding steroid dienone is 10. The molecule has 4 heteroatoms. The summed E-state index contributed by atoms with van der Waals surface area (Å²) in [6, 6.07) is 10.1. The van der Waals surface area contributed by atoms with Gasteiger partial charge in [-0.1, -0.05) is 98.0 Å². The van der Waals surface area contributed by atoms with Gasteiger partial charge in [0.15, 0.2) is 0 Å². The van der Waals surface area contributed by atoms with E-state index in [4.69, 9.17) is 0 Å². The van der Waals surface area contributed by atoms with Crippen LogP contribution in [0.25, 0.3) is 0 Å². The van der Waals surface area contributed by atoms with Gasteiger partial charge in [0, 0.05) is 26.1 Å². The summed E-state index contributed by atoms with van der Waals surface area (Å²) in [4.78, 5) is 27.7. The molecule has 1 saturated carbocycles. The van der Waals surface area contributed by atoms with E-state index in [1.54, 1.807) is 0 Å². The van der Waals surface area contributed by atoms with E-state index in [1.165, 1.54) is 0 Å². The topological polar surface area (TPSA) is 49.4 Å². The van der Waals surface area contributed by atoms with Gasteiger partial charge in [-0.2, -0.15) is 0 Å². The highest BCUT2D eigenvalue weighted by molar-refractivity contribution is 5.92. The molecule has 0 radical (unpaired) electrons. The first-order valence-corrected chi connectivity index (χ1v) is 15.0. The molecular formula is C35H50N2O2. The number of carbonyl (C=O) groups excluding carboxylic acids is 2. The summed E-state index contributed by atoms with van der Waals surface area (Å²) in [7, 11) is 0. The second-order valence-electron chi connectivity index (χ2n) is 10.1. The molecule has 2 amide bonds. The zero-order valence-electron chi connectivity index (χ0n) is 24.5. The second kappa shape index (κ2) is 19.0. The fraction of sp³-hybridized carbons (Fsp3) is 0.486. The molecule has 1 aliphatic carbocycles. The van der Waals surface area contributed by atoms with Crippen LogP contribution in [0.3, 0.4) is 0 Å². The molecule has 1 aromatic rings. The Balaban J connectivity index is 1.61. The van der Waals surface area contributed by atoms with Crippen molar-refractivity contribution in [3.8, 4) is 0 Å². The van der Waals surface area contributed by atoms with E-state index in [0.717, 1.165) is 56.9 Å². The molecule has 0 aromatic heterocycles. The SMILES string of the molecule is CC/C=C\C/C=C\C/C=C\C/C=C\C/C=C\CCCC(=O)NCC1C[C@]1(C(=O)N(CC)CC)c1ccccc1. The fourth-order valence-corrected chi connectivity index (χ4v) is 4.92. The predicted molar refractivity (Wildman–Crippen MR) is 165 cm³/mol. The van der Waals surface area contributed by atoms with Gasteiger partial charge in [-0.3, -0.25) is 9.59 Å².